The van der Waals surface area contributed by atoms with Crippen LogP contribution < -0.4 is 5.32 Å². The predicted octanol–water partition coefficient (Wildman–Crippen LogP) is 5.01. The Labute approximate surface area is 139 Å². The lowest BCUT2D eigenvalue weighted by molar-refractivity contribution is 0.0901. The molecule has 0 bridgehead atoms. The summed E-state index contributed by atoms with van der Waals surface area (Å²) in [6.45, 7) is 15.8. The first kappa shape index (κ1) is 20.0. The molecule has 0 heterocycles. The van der Waals surface area contributed by atoms with Crippen molar-refractivity contribution in [3.05, 3.63) is 0 Å². The van der Waals surface area contributed by atoms with Crippen molar-refractivity contribution >= 4 is 0 Å². The van der Waals surface area contributed by atoms with E-state index in [9.17, 15) is 5.11 Å². The van der Waals surface area contributed by atoms with E-state index in [1.54, 1.807) is 0 Å². The molecule has 1 aliphatic rings. The minimum absolute atomic E-state index is 0.159. The highest BCUT2D eigenvalue weighted by Gasteiger charge is 2.29. The van der Waals surface area contributed by atoms with Gasteiger partial charge >= 0.3 is 0 Å². The zero-order valence-electron chi connectivity index (χ0n) is 16.0. The summed E-state index contributed by atoms with van der Waals surface area (Å²) in [5.41, 5.74) is 0.674. The fourth-order valence-corrected chi connectivity index (χ4v) is 3.69. The summed E-state index contributed by atoms with van der Waals surface area (Å²) in [4.78, 5) is 0. The molecule has 2 N–H and O–H groups in total. The Bertz CT molecular complexity index is 292. The molecule has 1 fully saturated rings. The lowest BCUT2D eigenvalue weighted by atomic mass is 9.72. The molecule has 2 heteroatoms. The van der Waals surface area contributed by atoms with Crippen LogP contribution in [-0.2, 0) is 0 Å². The summed E-state index contributed by atoms with van der Waals surface area (Å²) in [6.07, 6.45) is 8.81. The van der Waals surface area contributed by atoms with E-state index in [2.05, 4.69) is 46.9 Å². The Hall–Kier alpha value is -0.0800. The second kappa shape index (κ2) is 8.68. The van der Waals surface area contributed by atoms with E-state index in [0.29, 0.717) is 22.7 Å². The average Bonchev–Trinajstić information content (AvgIpc) is 2.63. The topological polar surface area (TPSA) is 32.3 Å². The first-order chi connectivity index (χ1) is 10.1. The van der Waals surface area contributed by atoms with Gasteiger partial charge in [-0.2, -0.15) is 0 Å². The first-order valence-electron chi connectivity index (χ1n) is 9.48. The van der Waals surface area contributed by atoms with Crippen molar-refractivity contribution in [1.82, 2.24) is 5.32 Å². The minimum atomic E-state index is -0.159. The third kappa shape index (κ3) is 7.97. The van der Waals surface area contributed by atoms with Crippen LogP contribution in [0.2, 0.25) is 0 Å². The van der Waals surface area contributed by atoms with Gasteiger partial charge in [0.25, 0.3) is 0 Å². The van der Waals surface area contributed by atoms with Crippen molar-refractivity contribution < 1.29 is 5.11 Å². The molecular formula is C20H41NO. The molecule has 0 aromatic heterocycles. The molecule has 132 valence electrons. The Kier molecular flexibility index (Phi) is 7.88. The predicted molar refractivity (Wildman–Crippen MR) is 97.1 cm³/mol. The van der Waals surface area contributed by atoms with Crippen LogP contribution >= 0.6 is 0 Å². The van der Waals surface area contributed by atoms with Gasteiger partial charge in [0.05, 0.1) is 6.10 Å². The van der Waals surface area contributed by atoms with E-state index in [1.165, 1.54) is 44.9 Å². The van der Waals surface area contributed by atoms with Gasteiger partial charge in [0.2, 0.25) is 0 Å². The largest absolute Gasteiger partial charge is 0.392 e. The molecule has 2 unspecified atom stereocenters. The van der Waals surface area contributed by atoms with Gasteiger partial charge < -0.3 is 10.4 Å². The van der Waals surface area contributed by atoms with Crippen LogP contribution in [0.5, 0.6) is 0 Å². The number of aliphatic hydroxyl groups excluding tert-OH is 1. The maximum absolute atomic E-state index is 10.5. The van der Waals surface area contributed by atoms with Crippen molar-refractivity contribution in [2.45, 2.75) is 92.6 Å². The molecule has 1 aliphatic carbocycles. The zero-order chi connectivity index (χ0) is 16.8. The van der Waals surface area contributed by atoms with Crippen molar-refractivity contribution in [2.24, 2.45) is 22.7 Å². The van der Waals surface area contributed by atoms with Crippen molar-refractivity contribution in [3.63, 3.8) is 0 Å². The number of aliphatic hydroxyl groups is 1. The molecule has 2 atom stereocenters. The minimum Gasteiger partial charge on any atom is -0.392 e. The van der Waals surface area contributed by atoms with Gasteiger partial charge in [0.15, 0.2) is 0 Å². The average molecular weight is 312 g/mol. The fraction of sp³-hybridized carbons (Fsp3) is 1.00. The highest BCUT2D eigenvalue weighted by atomic mass is 16.3. The molecule has 0 spiro atoms. The fourth-order valence-electron chi connectivity index (χ4n) is 3.69. The van der Waals surface area contributed by atoms with Crippen LogP contribution in [0.1, 0.15) is 86.5 Å². The van der Waals surface area contributed by atoms with Crippen molar-refractivity contribution in [3.8, 4) is 0 Å². The quantitative estimate of drug-likeness (QED) is 0.676. The van der Waals surface area contributed by atoms with E-state index in [-0.39, 0.29) is 6.10 Å². The highest BCUT2D eigenvalue weighted by molar-refractivity contribution is 4.82. The molecule has 0 aromatic rings. The molecule has 0 aliphatic heterocycles. The summed E-state index contributed by atoms with van der Waals surface area (Å²) in [5, 5.41) is 14.1. The monoisotopic (exact) mass is 311 g/mol. The van der Waals surface area contributed by atoms with Crippen LogP contribution in [0.3, 0.4) is 0 Å². The van der Waals surface area contributed by atoms with E-state index in [1.807, 2.05) is 0 Å². The maximum atomic E-state index is 10.5. The molecule has 1 rings (SSSR count). The Balaban J connectivity index is 2.41. The van der Waals surface area contributed by atoms with Crippen LogP contribution in [-0.4, -0.2) is 24.3 Å². The van der Waals surface area contributed by atoms with Crippen LogP contribution in [0, 0.1) is 22.7 Å². The SMILES string of the molecule is CC(C)(C)CC(CNCC(O)C1CCCCCC1)C(C)(C)C. The first-order valence-corrected chi connectivity index (χ1v) is 9.48. The molecular weight excluding hydrogens is 270 g/mol. The van der Waals surface area contributed by atoms with E-state index >= 15 is 0 Å². The summed E-state index contributed by atoms with van der Waals surface area (Å²) >= 11 is 0. The van der Waals surface area contributed by atoms with Crippen LogP contribution in [0.15, 0.2) is 0 Å². The lowest BCUT2D eigenvalue weighted by Gasteiger charge is -2.36. The van der Waals surface area contributed by atoms with Gasteiger partial charge in [-0.1, -0.05) is 67.2 Å². The highest BCUT2D eigenvalue weighted by Crippen LogP contribution is 2.35. The summed E-state index contributed by atoms with van der Waals surface area (Å²) in [6, 6.07) is 0. The van der Waals surface area contributed by atoms with Crippen molar-refractivity contribution in [1.29, 1.82) is 0 Å². The van der Waals surface area contributed by atoms with Crippen molar-refractivity contribution in [2.75, 3.05) is 13.1 Å². The number of hydrogen-bond donors (Lipinski definition) is 2. The molecule has 22 heavy (non-hydrogen) atoms. The molecule has 0 radical (unpaired) electrons. The van der Waals surface area contributed by atoms with Crippen LogP contribution in [0.4, 0.5) is 0 Å². The summed E-state index contributed by atoms with van der Waals surface area (Å²) < 4.78 is 0. The Morgan fingerprint density at radius 1 is 0.909 bits per heavy atom. The standard InChI is InChI=1S/C20H41NO/c1-19(2,3)13-17(20(4,5)6)14-21-15-18(22)16-11-9-7-8-10-12-16/h16-18,21-22H,7-15H2,1-6H3. The van der Waals surface area contributed by atoms with Gasteiger partial charge in [-0.15, -0.1) is 0 Å². The molecule has 0 amide bonds. The molecule has 0 aromatic carbocycles. The van der Waals surface area contributed by atoms with Gasteiger partial charge in [-0.05, 0) is 48.5 Å². The van der Waals surface area contributed by atoms with Gasteiger partial charge in [0, 0.05) is 6.54 Å². The number of nitrogens with one attached hydrogen (secondary N) is 1. The molecule has 1 saturated carbocycles. The molecule has 0 saturated heterocycles. The van der Waals surface area contributed by atoms with Gasteiger partial charge in [-0.25, -0.2) is 0 Å². The second-order valence-corrected chi connectivity index (χ2v) is 9.80. The lowest BCUT2D eigenvalue weighted by Crippen LogP contribution is -2.39. The molecule has 2 nitrogen and oxygen atoms in total. The maximum Gasteiger partial charge on any atom is 0.0692 e. The van der Waals surface area contributed by atoms with Gasteiger partial charge in [-0.3, -0.25) is 0 Å². The van der Waals surface area contributed by atoms with E-state index < -0.39 is 0 Å². The third-order valence-corrected chi connectivity index (χ3v) is 5.27. The smallest absolute Gasteiger partial charge is 0.0692 e. The normalized spacial score (nSPS) is 21.4. The summed E-state index contributed by atoms with van der Waals surface area (Å²) in [5.74, 6) is 1.17. The van der Waals surface area contributed by atoms with E-state index in [4.69, 9.17) is 0 Å². The Morgan fingerprint density at radius 3 is 1.91 bits per heavy atom. The van der Waals surface area contributed by atoms with Crippen LogP contribution in [0.25, 0.3) is 0 Å². The van der Waals surface area contributed by atoms with Gasteiger partial charge in [0.1, 0.15) is 0 Å². The number of rotatable bonds is 6. The second-order valence-electron chi connectivity index (χ2n) is 9.80. The zero-order valence-corrected chi connectivity index (χ0v) is 16.0. The Morgan fingerprint density at radius 2 is 1.45 bits per heavy atom. The third-order valence-electron chi connectivity index (χ3n) is 5.27. The number of hydrogen-bond acceptors (Lipinski definition) is 2. The van der Waals surface area contributed by atoms with E-state index in [0.717, 1.165) is 13.1 Å². The summed E-state index contributed by atoms with van der Waals surface area (Å²) in [7, 11) is 0.